The number of carbonyl (C=O) groups excluding carboxylic acids is 2. The van der Waals surface area contributed by atoms with E-state index in [9.17, 15) is 9.59 Å². The molecule has 0 spiro atoms. The van der Waals surface area contributed by atoms with Gasteiger partial charge in [0.2, 0.25) is 0 Å². The topological polar surface area (TPSA) is 71.1 Å². The molecule has 1 heterocycles. The lowest BCUT2D eigenvalue weighted by Crippen LogP contribution is -2.30. The number of rotatable bonds is 5. The number of benzene rings is 1. The zero-order valence-electron chi connectivity index (χ0n) is 12.9. The Morgan fingerprint density at radius 2 is 1.73 bits per heavy atom. The zero-order valence-corrected chi connectivity index (χ0v) is 12.9. The molecule has 114 valence electrons. The van der Waals surface area contributed by atoms with Crippen LogP contribution in [0.1, 0.15) is 41.6 Å². The van der Waals surface area contributed by atoms with Gasteiger partial charge in [0.15, 0.2) is 5.78 Å². The van der Waals surface area contributed by atoms with Crippen molar-refractivity contribution in [3.8, 4) is 0 Å². The minimum Gasteiger partial charge on any atom is -0.355 e. The van der Waals surface area contributed by atoms with E-state index < -0.39 is 0 Å². The lowest BCUT2D eigenvalue weighted by Gasteiger charge is -2.10. The highest BCUT2D eigenvalue weighted by Gasteiger charge is 2.09. The molecule has 0 aliphatic rings. The summed E-state index contributed by atoms with van der Waals surface area (Å²) in [5.41, 5.74) is 2.63. The molecule has 0 aliphatic heterocycles. The standard InChI is InChI=1S/C17H19N3O2/c1-11(2)19-17(22)16-10-15(8-9-18-16)20-14-6-4-13(5-7-14)12(3)21/h4-11H,1-3H3,(H,18,20)(H,19,22). The van der Waals surface area contributed by atoms with E-state index in [4.69, 9.17) is 0 Å². The number of hydrogen-bond acceptors (Lipinski definition) is 4. The highest BCUT2D eigenvalue weighted by Crippen LogP contribution is 2.17. The van der Waals surface area contributed by atoms with Gasteiger partial charge in [0, 0.05) is 29.2 Å². The Labute approximate surface area is 129 Å². The first-order valence-electron chi connectivity index (χ1n) is 7.10. The van der Waals surface area contributed by atoms with Gasteiger partial charge in [-0.05, 0) is 57.2 Å². The van der Waals surface area contributed by atoms with Crippen molar-refractivity contribution in [2.75, 3.05) is 5.32 Å². The first-order chi connectivity index (χ1) is 10.5. The summed E-state index contributed by atoms with van der Waals surface area (Å²) in [6.07, 6.45) is 1.58. The van der Waals surface area contributed by atoms with Crippen LogP contribution in [-0.4, -0.2) is 22.7 Å². The third kappa shape index (κ3) is 4.15. The molecule has 0 radical (unpaired) electrons. The normalized spacial score (nSPS) is 10.4. The molecule has 2 rings (SSSR count). The third-order valence-electron chi connectivity index (χ3n) is 2.99. The Bertz CT molecular complexity index is 679. The van der Waals surface area contributed by atoms with Crippen LogP contribution in [0.25, 0.3) is 0 Å². The number of hydrogen-bond donors (Lipinski definition) is 2. The Morgan fingerprint density at radius 3 is 2.32 bits per heavy atom. The molecule has 5 nitrogen and oxygen atoms in total. The largest absolute Gasteiger partial charge is 0.355 e. The van der Waals surface area contributed by atoms with Crippen LogP contribution in [0.2, 0.25) is 0 Å². The van der Waals surface area contributed by atoms with Crippen molar-refractivity contribution in [3.63, 3.8) is 0 Å². The van der Waals surface area contributed by atoms with E-state index in [-0.39, 0.29) is 17.7 Å². The molecule has 0 unspecified atom stereocenters. The SMILES string of the molecule is CC(=O)c1ccc(Nc2ccnc(C(=O)NC(C)C)c2)cc1. The Morgan fingerprint density at radius 1 is 1.05 bits per heavy atom. The molecular formula is C17H19N3O2. The highest BCUT2D eigenvalue weighted by atomic mass is 16.2. The smallest absolute Gasteiger partial charge is 0.270 e. The lowest BCUT2D eigenvalue weighted by atomic mass is 10.1. The van der Waals surface area contributed by atoms with Gasteiger partial charge in [0.25, 0.3) is 5.91 Å². The van der Waals surface area contributed by atoms with Crippen LogP contribution in [0.5, 0.6) is 0 Å². The van der Waals surface area contributed by atoms with Gasteiger partial charge < -0.3 is 10.6 Å². The molecule has 0 aliphatic carbocycles. The van der Waals surface area contributed by atoms with Crippen molar-refractivity contribution >= 4 is 23.1 Å². The molecule has 0 saturated heterocycles. The summed E-state index contributed by atoms with van der Waals surface area (Å²) in [5, 5.41) is 5.99. The molecule has 0 fully saturated rings. The summed E-state index contributed by atoms with van der Waals surface area (Å²) in [5.74, 6) is -0.173. The van der Waals surface area contributed by atoms with E-state index >= 15 is 0 Å². The van der Waals surface area contributed by atoms with Crippen LogP contribution in [0.3, 0.4) is 0 Å². The van der Waals surface area contributed by atoms with Crippen LogP contribution in [0, 0.1) is 0 Å². The van der Waals surface area contributed by atoms with Gasteiger partial charge in [0.1, 0.15) is 5.69 Å². The van der Waals surface area contributed by atoms with Crippen molar-refractivity contribution in [2.45, 2.75) is 26.8 Å². The minimum absolute atomic E-state index is 0.0307. The molecule has 5 heteroatoms. The summed E-state index contributed by atoms with van der Waals surface area (Å²) in [7, 11) is 0. The lowest BCUT2D eigenvalue weighted by molar-refractivity contribution is 0.0937. The maximum absolute atomic E-state index is 11.9. The van der Waals surface area contributed by atoms with E-state index in [1.54, 1.807) is 30.5 Å². The molecule has 1 aromatic heterocycles. The van der Waals surface area contributed by atoms with Crippen molar-refractivity contribution in [2.24, 2.45) is 0 Å². The quantitative estimate of drug-likeness (QED) is 0.832. The van der Waals surface area contributed by atoms with E-state index in [1.165, 1.54) is 6.92 Å². The molecule has 0 atom stereocenters. The van der Waals surface area contributed by atoms with Crippen molar-refractivity contribution in [1.29, 1.82) is 0 Å². The van der Waals surface area contributed by atoms with Crippen molar-refractivity contribution in [1.82, 2.24) is 10.3 Å². The molecule has 1 amide bonds. The number of anilines is 2. The van der Waals surface area contributed by atoms with Crippen LogP contribution in [-0.2, 0) is 0 Å². The van der Waals surface area contributed by atoms with Gasteiger partial charge in [-0.2, -0.15) is 0 Å². The Hall–Kier alpha value is -2.69. The van der Waals surface area contributed by atoms with E-state index in [0.717, 1.165) is 11.4 Å². The van der Waals surface area contributed by atoms with Crippen LogP contribution >= 0.6 is 0 Å². The van der Waals surface area contributed by atoms with E-state index in [0.29, 0.717) is 11.3 Å². The average molecular weight is 297 g/mol. The number of nitrogens with one attached hydrogen (secondary N) is 2. The number of Topliss-reactive ketones (excluding diaryl/α,β-unsaturated/α-hetero) is 1. The second-order valence-corrected chi connectivity index (χ2v) is 5.32. The fraction of sp³-hybridized carbons (Fsp3) is 0.235. The number of carbonyl (C=O) groups is 2. The van der Waals surface area contributed by atoms with Gasteiger partial charge in [-0.25, -0.2) is 0 Å². The summed E-state index contributed by atoms with van der Waals surface area (Å²) >= 11 is 0. The van der Waals surface area contributed by atoms with Gasteiger partial charge in [-0.15, -0.1) is 0 Å². The van der Waals surface area contributed by atoms with E-state index in [2.05, 4.69) is 15.6 Å². The van der Waals surface area contributed by atoms with Crippen LogP contribution in [0.4, 0.5) is 11.4 Å². The average Bonchev–Trinajstić information content (AvgIpc) is 2.47. The maximum Gasteiger partial charge on any atom is 0.270 e. The Kier molecular flexibility index (Phi) is 4.88. The first-order valence-corrected chi connectivity index (χ1v) is 7.10. The number of pyridine rings is 1. The molecule has 2 aromatic rings. The zero-order chi connectivity index (χ0) is 16.1. The monoisotopic (exact) mass is 297 g/mol. The third-order valence-corrected chi connectivity index (χ3v) is 2.99. The first kappa shape index (κ1) is 15.7. The van der Waals surface area contributed by atoms with Crippen LogP contribution < -0.4 is 10.6 Å². The maximum atomic E-state index is 11.9. The van der Waals surface area contributed by atoms with Crippen LogP contribution in [0.15, 0.2) is 42.6 Å². The predicted molar refractivity (Wildman–Crippen MR) is 86.6 cm³/mol. The minimum atomic E-state index is -0.203. The summed E-state index contributed by atoms with van der Waals surface area (Å²) in [6, 6.07) is 10.7. The fourth-order valence-corrected chi connectivity index (χ4v) is 1.92. The van der Waals surface area contributed by atoms with Gasteiger partial charge in [-0.3, -0.25) is 14.6 Å². The second kappa shape index (κ2) is 6.85. The predicted octanol–water partition coefficient (Wildman–Crippen LogP) is 3.17. The summed E-state index contributed by atoms with van der Waals surface area (Å²) in [6.45, 7) is 5.33. The second-order valence-electron chi connectivity index (χ2n) is 5.32. The molecule has 0 saturated carbocycles. The number of aromatic nitrogens is 1. The van der Waals surface area contributed by atoms with Crippen molar-refractivity contribution in [3.05, 3.63) is 53.9 Å². The summed E-state index contributed by atoms with van der Waals surface area (Å²) < 4.78 is 0. The Balaban J connectivity index is 2.13. The summed E-state index contributed by atoms with van der Waals surface area (Å²) in [4.78, 5) is 27.3. The molecule has 0 bridgehead atoms. The molecule has 22 heavy (non-hydrogen) atoms. The van der Waals surface area contributed by atoms with Gasteiger partial charge in [-0.1, -0.05) is 0 Å². The molecule has 1 aromatic carbocycles. The highest BCUT2D eigenvalue weighted by molar-refractivity contribution is 5.94. The number of ketones is 1. The van der Waals surface area contributed by atoms with Gasteiger partial charge in [0.05, 0.1) is 0 Å². The molecular weight excluding hydrogens is 278 g/mol. The number of nitrogens with zero attached hydrogens (tertiary/aromatic N) is 1. The fourth-order valence-electron chi connectivity index (χ4n) is 1.92. The number of amides is 1. The molecule has 2 N–H and O–H groups in total. The van der Waals surface area contributed by atoms with E-state index in [1.807, 2.05) is 26.0 Å². The van der Waals surface area contributed by atoms with Gasteiger partial charge >= 0.3 is 0 Å². The van der Waals surface area contributed by atoms with Crippen molar-refractivity contribution < 1.29 is 9.59 Å².